The fourth-order valence-corrected chi connectivity index (χ4v) is 23.8. The van der Waals surface area contributed by atoms with Crippen molar-refractivity contribution in [3.05, 3.63) is 272 Å². The molecule has 0 atom stereocenters. The molecule has 0 saturated carbocycles. The van der Waals surface area contributed by atoms with Crippen molar-refractivity contribution in [3.8, 4) is 11.4 Å². The molecule has 0 amide bonds. The Morgan fingerprint density at radius 1 is 0.274 bits per heavy atom. The summed E-state index contributed by atoms with van der Waals surface area (Å²) in [5.41, 5.74) is 13.5. The van der Waals surface area contributed by atoms with E-state index in [9.17, 15) is 0 Å². The molecule has 3 nitrogen and oxygen atoms in total. The van der Waals surface area contributed by atoms with Gasteiger partial charge >= 0.3 is 0 Å². The van der Waals surface area contributed by atoms with Crippen molar-refractivity contribution >= 4 is 118 Å². The number of anilines is 3. The minimum absolute atomic E-state index is 1.16. The molecule has 4 heterocycles. The van der Waals surface area contributed by atoms with Crippen LogP contribution >= 0.6 is 0 Å². The summed E-state index contributed by atoms with van der Waals surface area (Å²) in [5, 5.41) is 16.3. The molecule has 13 aromatic rings. The van der Waals surface area contributed by atoms with E-state index in [2.05, 4.69) is 289 Å². The number of nitrogens with zero attached hydrogens (tertiary/aromatic N) is 3. The SMILES string of the molecule is Cc1ccc2c(c1)c1cc(C)ccc1n2-c1ccc2c(c1)c1ccccc1n2-c1ccc2c(c1)[Si](c1ccccc1)(c1ccccc1)c1cccc3c1N2c1ccccc1[Si]3(c1ccccc1)c1ccccc1. The van der Waals surface area contributed by atoms with Crippen LogP contribution in [-0.2, 0) is 0 Å². The summed E-state index contributed by atoms with van der Waals surface area (Å²) in [7, 11) is -6.06. The van der Waals surface area contributed by atoms with E-state index in [1.54, 1.807) is 0 Å². The van der Waals surface area contributed by atoms with Crippen LogP contribution in [0.4, 0.5) is 17.1 Å². The maximum Gasteiger partial charge on any atom is 0.184 e. The lowest BCUT2D eigenvalue weighted by Gasteiger charge is -2.52. The number of para-hydroxylation sites is 3. The standard InChI is InChI=1S/C68H49N3Si2/c1-46-34-38-59-55(42-46)56-43-47(2)35-39-60(56)69(59)48-36-40-61-57(44-48)54-28-15-16-29-58(54)70(61)49-37-41-63-67(45-49)73(52-24-11-5-12-25-52,53-26-13-6-14-27-53)66-33-19-32-65-68(66)71(63)62-30-17-18-31-64(62)72(65,50-20-7-3-8-21-50)51-22-9-4-10-23-51/h3-45H,1-2H3. The van der Waals surface area contributed by atoms with Gasteiger partial charge in [0.15, 0.2) is 16.1 Å². The van der Waals surface area contributed by atoms with Crippen LogP contribution in [0.15, 0.2) is 261 Å². The van der Waals surface area contributed by atoms with Crippen molar-refractivity contribution in [1.82, 2.24) is 9.13 Å². The van der Waals surface area contributed by atoms with Gasteiger partial charge in [-0.3, -0.25) is 0 Å². The van der Waals surface area contributed by atoms with E-state index in [1.807, 2.05) is 0 Å². The van der Waals surface area contributed by atoms with Crippen LogP contribution in [-0.4, -0.2) is 25.3 Å². The molecule has 344 valence electrons. The molecule has 2 aliphatic rings. The van der Waals surface area contributed by atoms with E-state index in [-0.39, 0.29) is 0 Å². The Morgan fingerprint density at radius 3 is 1.23 bits per heavy atom. The molecule has 2 aromatic heterocycles. The molecule has 0 radical (unpaired) electrons. The first-order valence-corrected chi connectivity index (χ1v) is 29.5. The van der Waals surface area contributed by atoms with Crippen LogP contribution in [0.1, 0.15) is 11.1 Å². The molecule has 0 fully saturated rings. The van der Waals surface area contributed by atoms with Crippen molar-refractivity contribution < 1.29 is 0 Å². The molecule has 2 aliphatic heterocycles. The second-order valence-corrected chi connectivity index (χ2v) is 27.6. The summed E-state index contributed by atoms with van der Waals surface area (Å²) >= 11 is 0. The quantitative estimate of drug-likeness (QED) is 0.151. The first-order valence-electron chi connectivity index (χ1n) is 25.5. The topological polar surface area (TPSA) is 13.1 Å². The van der Waals surface area contributed by atoms with Crippen molar-refractivity contribution in [3.63, 3.8) is 0 Å². The molecule has 0 N–H and O–H groups in total. The van der Waals surface area contributed by atoms with E-state index in [0.717, 1.165) is 11.4 Å². The highest BCUT2D eigenvalue weighted by Crippen LogP contribution is 2.43. The van der Waals surface area contributed by atoms with Gasteiger partial charge in [-0.2, -0.15) is 0 Å². The molecular weight excluding hydrogens is 915 g/mol. The van der Waals surface area contributed by atoms with E-state index in [4.69, 9.17) is 0 Å². The Kier molecular flexibility index (Phi) is 9.13. The fraction of sp³-hybridized carbons (Fsp3) is 0.0294. The van der Waals surface area contributed by atoms with Gasteiger partial charge in [-0.1, -0.05) is 199 Å². The number of aryl methyl sites for hydroxylation is 2. The van der Waals surface area contributed by atoms with Gasteiger partial charge in [-0.05, 0) is 128 Å². The van der Waals surface area contributed by atoms with Crippen LogP contribution in [0, 0.1) is 13.8 Å². The molecule has 5 heteroatoms. The van der Waals surface area contributed by atoms with E-state index >= 15 is 0 Å². The zero-order valence-electron chi connectivity index (χ0n) is 40.7. The van der Waals surface area contributed by atoms with Crippen LogP contribution in [0.2, 0.25) is 0 Å². The zero-order valence-corrected chi connectivity index (χ0v) is 42.7. The Bertz CT molecular complexity index is 4210. The molecule has 11 aromatic carbocycles. The number of hydrogen-bond acceptors (Lipinski definition) is 1. The molecule has 73 heavy (non-hydrogen) atoms. The molecule has 0 bridgehead atoms. The molecule has 0 saturated heterocycles. The van der Waals surface area contributed by atoms with Gasteiger partial charge in [0, 0.05) is 50.0 Å². The summed E-state index contributed by atoms with van der Waals surface area (Å²) in [6.07, 6.45) is 0. The van der Waals surface area contributed by atoms with Crippen molar-refractivity contribution in [2.75, 3.05) is 4.90 Å². The van der Waals surface area contributed by atoms with Crippen LogP contribution in [0.3, 0.4) is 0 Å². The van der Waals surface area contributed by atoms with E-state index in [1.165, 1.54) is 113 Å². The maximum absolute atomic E-state index is 3.14. The van der Waals surface area contributed by atoms with E-state index < -0.39 is 16.1 Å². The van der Waals surface area contributed by atoms with Gasteiger partial charge in [0.2, 0.25) is 0 Å². The molecule has 0 spiro atoms. The smallest absolute Gasteiger partial charge is 0.184 e. The van der Waals surface area contributed by atoms with Gasteiger partial charge in [0.25, 0.3) is 0 Å². The highest BCUT2D eigenvalue weighted by atomic mass is 28.3. The van der Waals surface area contributed by atoms with Crippen molar-refractivity contribution in [1.29, 1.82) is 0 Å². The minimum atomic E-state index is -3.14. The van der Waals surface area contributed by atoms with Crippen LogP contribution < -0.4 is 46.4 Å². The second kappa shape index (κ2) is 15.9. The Labute approximate surface area is 427 Å². The van der Waals surface area contributed by atoms with Gasteiger partial charge in [-0.15, -0.1) is 0 Å². The Balaban J connectivity index is 1.04. The third-order valence-electron chi connectivity index (χ3n) is 16.3. The monoisotopic (exact) mass is 963 g/mol. The van der Waals surface area contributed by atoms with Gasteiger partial charge in [-0.25, -0.2) is 0 Å². The largest absolute Gasteiger partial charge is 0.311 e. The van der Waals surface area contributed by atoms with Crippen molar-refractivity contribution in [2.45, 2.75) is 13.8 Å². The van der Waals surface area contributed by atoms with Crippen LogP contribution in [0.25, 0.3) is 55.0 Å². The summed E-state index contributed by atoms with van der Waals surface area (Å²) in [5.74, 6) is 0. The van der Waals surface area contributed by atoms with E-state index in [0.29, 0.717) is 0 Å². The number of fused-ring (bicyclic) bond motifs is 10. The normalized spacial score (nSPS) is 14.1. The molecule has 15 rings (SSSR count). The second-order valence-electron chi connectivity index (χ2n) is 20.2. The number of rotatable bonds is 6. The summed E-state index contributed by atoms with van der Waals surface area (Å²) < 4.78 is 4.99. The lowest BCUT2D eigenvalue weighted by molar-refractivity contribution is 1.16. The first-order chi connectivity index (χ1) is 36.0. The lowest BCUT2D eigenvalue weighted by atomic mass is 10.1. The Hall–Kier alpha value is -8.75. The lowest BCUT2D eigenvalue weighted by Crippen LogP contribution is -2.82. The maximum atomic E-state index is 2.67. The summed E-state index contributed by atoms with van der Waals surface area (Å²) in [6, 6.07) is 99.9. The van der Waals surface area contributed by atoms with Gasteiger partial charge < -0.3 is 14.0 Å². The molecular formula is C68H49N3Si2. The number of benzene rings is 11. The zero-order chi connectivity index (χ0) is 48.4. The van der Waals surface area contributed by atoms with Crippen molar-refractivity contribution in [2.24, 2.45) is 0 Å². The average Bonchev–Trinajstić information content (AvgIpc) is 3.95. The summed E-state index contributed by atoms with van der Waals surface area (Å²) in [4.78, 5) is 2.67. The third kappa shape index (κ3) is 5.74. The predicted molar refractivity (Wildman–Crippen MR) is 314 cm³/mol. The predicted octanol–water partition coefficient (Wildman–Crippen LogP) is 11.3. The third-order valence-corrected chi connectivity index (χ3v) is 26.0. The molecule has 0 unspecified atom stereocenters. The summed E-state index contributed by atoms with van der Waals surface area (Å²) in [6.45, 7) is 4.38. The Morgan fingerprint density at radius 2 is 0.671 bits per heavy atom. The number of hydrogen-bond donors (Lipinski definition) is 0. The average molecular weight is 964 g/mol. The first kappa shape index (κ1) is 42.0. The fourth-order valence-electron chi connectivity index (χ4n) is 13.4. The molecule has 0 aliphatic carbocycles. The minimum Gasteiger partial charge on any atom is -0.311 e. The van der Waals surface area contributed by atoms with Gasteiger partial charge in [0.1, 0.15) is 0 Å². The van der Waals surface area contributed by atoms with Crippen LogP contribution in [0.5, 0.6) is 0 Å². The number of aromatic nitrogens is 2. The van der Waals surface area contributed by atoms with Gasteiger partial charge in [0.05, 0.1) is 22.1 Å². The highest BCUT2D eigenvalue weighted by molar-refractivity contribution is 7.24. The highest BCUT2D eigenvalue weighted by Gasteiger charge is 2.56.